The number of nitrogen functional groups attached to an aromatic ring is 1. The van der Waals surface area contributed by atoms with Crippen molar-refractivity contribution in [1.29, 1.82) is 0 Å². The van der Waals surface area contributed by atoms with E-state index in [-0.39, 0.29) is 17.7 Å². The molecule has 0 aliphatic carbocycles. The summed E-state index contributed by atoms with van der Waals surface area (Å²) in [5.41, 5.74) is 5.99. The lowest BCUT2D eigenvalue weighted by Crippen LogP contribution is -2.47. The topological polar surface area (TPSA) is 88.8 Å². The molecule has 0 atom stereocenters. The normalized spacial score (nSPS) is 19.7. The van der Waals surface area contributed by atoms with E-state index in [1.54, 1.807) is 23.1 Å². The Morgan fingerprint density at radius 2 is 1.78 bits per heavy atom. The van der Waals surface area contributed by atoms with Crippen molar-refractivity contribution < 1.29 is 14.3 Å². The molecule has 23 heavy (non-hydrogen) atoms. The molecule has 3 heterocycles. The minimum absolute atomic E-state index is 0.00551. The fourth-order valence-corrected chi connectivity index (χ4v) is 3.10. The molecular formula is C16H22N4O3. The third-order valence-electron chi connectivity index (χ3n) is 4.44. The Balaban J connectivity index is 1.55. The van der Waals surface area contributed by atoms with Crippen LogP contribution >= 0.6 is 0 Å². The van der Waals surface area contributed by atoms with E-state index in [9.17, 15) is 9.59 Å². The standard InChI is InChI=1S/C16H22N4O3/c17-14-3-1-2-13(18-14)16(22)19-6-4-12(5-7-19)15(21)20-8-10-23-11-9-20/h1-3,12H,4-11H2,(H2,17,18). The molecule has 2 fully saturated rings. The fraction of sp³-hybridized carbons (Fsp3) is 0.562. The molecule has 0 radical (unpaired) electrons. The lowest BCUT2D eigenvalue weighted by atomic mass is 9.95. The van der Waals surface area contributed by atoms with Gasteiger partial charge in [-0.25, -0.2) is 4.98 Å². The Kier molecular flexibility index (Phi) is 4.76. The van der Waals surface area contributed by atoms with Crippen molar-refractivity contribution in [2.24, 2.45) is 5.92 Å². The molecule has 2 N–H and O–H groups in total. The maximum Gasteiger partial charge on any atom is 0.272 e. The van der Waals surface area contributed by atoms with Crippen molar-refractivity contribution in [2.45, 2.75) is 12.8 Å². The van der Waals surface area contributed by atoms with Crippen LogP contribution in [0, 0.1) is 5.92 Å². The molecule has 7 heteroatoms. The summed E-state index contributed by atoms with van der Waals surface area (Å²) in [7, 11) is 0. The van der Waals surface area contributed by atoms with Crippen molar-refractivity contribution in [3.63, 3.8) is 0 Å². The molecular weight excluding hydrogens is 296 g/mol. The summed E-state index contributed by atoms with van der Waals surface area (Å²) in [5, 5.41) is 0. The van der Waals surface area contributed by atoms with Gasteiger partial charge in [0.2, 0.25) is 5.91 Å². The van der Waals surface area contributed by atoms with Gasteiger partial charge in [-0.15, -0.1) is 0 Å². The zero-order valence-electron chi connectivity index (χ0n) is 13.1. The first-order chi connectivity index (χ1) is 11.1. The van der Waals surface area contributed by atoms with Crippen molar-refractivity contribution in [1.82, 2.24) is 14.8 Å². The number of morpholine rings is 1. The molecule has 124 valence electrons. The highest BCUT2D eigenvalue weighted by Gasteiger charge is 2.31. The molecule has 1 aromatic heterocycles. The van der Waals surface area contributed by atoms with Gasteiger partial charge in [0.1, 0.15) is 11.5 Å². The number of nitrogens with zero attached hydrogens (tertiary/aromatic N) is 3. The highest BCUT2D eigenvalue weighted by molar-refractivity contribution is 5.92. The number of pyridine rings is 1. The third-order valence-corrected chi connectivity index (χ3v) is 4.44. The Hall–Kier alpha value is -2.15. The first-order valence-corrected chi connectivity index (χ1v) is 8.03. The third kappa shape index (κ3) is 3.61. The number of hydrogen-bond donors (Lipinski definition) is 1. The highest BCUT2D eigenvalue weighted by atomic mass is 16.5. The molecule has 2 aliphatic rings. The van der Waals surface area contributed by atoms with Crippen LogP contribution in [-0.4, -0.2) is 66.0 Å². The predicted octanol–water partition coefficient (Wildman–Crippen LogP) is 0.375. The quantitative estimate of drug-likeness (QED) is 0.851. The number of carbonyl (C=O) groups excluding carboxylic acids is 2. The number of ether oxygens (including phenoxy) is 1. The summed E-state index contributed by atoms with van der Waals surface area (Å²) in [4.78, 5) is 32.6. The first-order valence-electron chi connectivity index (χ1n) is 8.03. The van der Waals surface area contributed by atoms with Gasteiger partial charge in [-0.2, -0.15) is 0 Å². The molecule has 1 aromatic rings. The first kappa shape index (κ1) is 15.7. The Morgan fingerprint density at radius 1 is 1.09 bits per heavy atom. The fourth-order valence-electron chi connectivity index (χ4n) is 3.10. The van der Waals surface area contributed by atoms with Gasteiger partial charge in [0.05, 0.1) is 13.2 Å². The van der Waals surface area contributed by atoms with Gasteiger partial charge in [0.15, 0.2) is 0 Å². The SMILES string of the molecule is Nc1cccc(C(=O)N2CCC(C(=O)N3CCOCC3)CC2)n1. The van der Waals surface area contributed by atoms with Gasteiger partial charge in [-0.3, -0.25) is 9.59 Å². The Morgan fingerprint density at radius 3 is 2.43 bits per heavy atom. The van der Waals surface area contributed by atoms with E-state index in [2.05, 4.69) is 4.98 Å². The molecule has 0 aromatic carbocycles. The van der Waals surface area contributed by atoms with Crippen LogP contribution in [-0.2, 0) is 9.53 Å². The number of nitrogens with two attached hydrogens (primary N) is 1. The zero-order chi connectivity index (χ0) is 16.2. The van der Waals surface area contributed by atoms with Gasteiger partial charge in [0, 0.05) is 32.1 Å². The number of carbonyl (C=O) groups is 2. The molecule has 2 aliphatic heterocycles. The molecule has 0 saturated carbocycles. The second-order valence-electron chi connectivity index (χ2n) is 5.95. The number of amides is 2. The van der Waals surface area contributed by atoms with Gasteiger partial charge >= 0.3 is 0 Å². The average molecular weight is 318 g/mol. The summed E-state index contributed by atoms with van der Waals surface area (Å²) in [6.45, 7) is 3.73. The second-order valence-corrected chi connectivity index (χ2v) is 5.95. The second kappa shape index (κ2) is 6.95. The number of likely N-dealkylation sites (tertiary alicyclic amines) is 1. The van der Waals surface area contributed by atoms with E-state index in [1.807, 2.05) is 4.90 Å². The van der Waals surface area contributed by atoms with Crippen LogP contribution in [0.25, 0.3) is 0 Å². The molecule has 3 rings (SSSR count). The lowest BCUT2D eigenvalue weighted by molar-refractivity contribution is -0.141. The number of piperidine rings is 1. The van der Waals surface area contributed by atoms with E-state index in [0.29, 0.717) is 63.7 Å². The highest BCUT2D eigenvalue weighted by Crippen LogP contribution is 2.21. The number of rotatable bonds is 2. The van der Waals surface area contributed by atoms with Crippen LogP contribution in [0.2, 0.25) is 0 Å². The minimum Gasteiger partial charge on any atom is -0.384 e. The van der Waals surface area contributed by atoms with Crippen molar-refractivity contribution in [3.05, 3.63) is 23.9 Å². The zero-order valence-corrected chi connectivity index (χ0v) is 13.1. The van der Waals surface area contributed by atoms with Crippen molar-refractivity contribution in [3.8, 4) is 0 Å². The Bertz CT molecular complexity index is 578. The lowest BCUT2D eigenvalue weighted by Gasteiger charge is -2.35. The predicted molar refractivity (Wildman–Crippen MR) is 84.7 cm³/mol. The summed E-state index contributed by atoms with van der Waals surface area (Å²) in [5.74, 6) is 0.427. The Labute approximate surface area is 135 Å². The van der Waals surface area contributed by atoms with Crippen molar-refractivity contribution >= 4 is 17.6 Å². The van der Waals surface area contributed by atoms with Crippen LogP contribution in [0.4, 0.5) is 5.82 Å². The monoisotopic (exact) mass is 318 g/mol. The molecule has 2 amide bonds. The number of aromatic nitrogens is 1. The van der Waals surface area contributed by atoms with Crippen LogP contribution in [0.5, 0.6) is 0 Å². The maximum absolute atomic E-state index is 12.5. The smallest absolute Gasteiger partial charge is 0.272 e. The van der Waals surface area contributed by atoms with E-state index in [0.717, 1.165) is 0 Å². The summed E-state index contributed by atoms with van der Waals surface area (Å²) in [6.07, 6.45) is 1.40. The largest absolute Gasteiger partial charge is 0.384 e. The van der Waals surface area contributed by atoms with E-state index >= 15 is 0 Å². The molecule has 0 spiro atoms. The number of anilines is 1. The van der Waals surface area contributed by atoms with Gasteiger partial charge in [0.25, 0.3) is 5.91 Å². The molecule has 7 nitrogen and oxygen atoms in total. The molecule has 2 saturated heterocycles. The van der Waals surface area contributed by atoms with Crippen LogP contribution in [0.15, 0.2) is 18.2 Å². The van der Waals surface area contributed by atoms with E-state index < -0.39 is 0 Å². The summed E-state index contributed by atoms with van der Waals surface area (Å²) in [6, 6.07) is 5.05. The summed E-state index contributed by atoms with van der Waals surface area (Å²) < 4.78 is 5.28. The van der Waals surface area contributed by atoms with E-state index in [4.69, 9.17) is 10.5 Å². The number of hydrogen-bond acceptors (Lipinski definition) is 5. The van der Waals surface area contributed by atoms with Gasteiger partial charge in [-0.05, 0) is 25.0 Å². The summed E-state index contributed by atoms with van der Waals surface area (Å²) >= 11 is 0. The molecule has 0 unspecified atom stereocenters. The minimum atomic E-state index is -0.116. The van der Waals surface area contributed by atoms with Crippen LogP contribution in [0.3, 0.4) is 0 Å². The van der Waals surface area contributed by atoms with Gasteiger partial charge < -0.3 is 20.3 Å². The van der Waals surface area contributed by atoms with Crippen molar-refractivity contribution in [2.75, 3.05) is 45.1 Å². The maximum atomic E-state index is 12.5. The average Bonchev–Trinajstić information content (AvgIpc) is 2.61. The molecule has 0 bridgehead atoms. The van der Waals surface area contributed by atoms with Crippen LogP contribution < -0.4 is 5.73 Å². The van der Waals surface area contributed by atoms with Crippen LogP contribution in [0.1, 0.15) is 23.3 Å². The van der Waals surface area contributed by atoms with E-state index in [1.165, 1.54) is 0 Å². The van der Waals surface area contributed by atoms with Gasteiger partial charge in [-0.1, -0.05) is 6.07 Å².